The van der Waals surface area contributed by atoms with Crippen molar-refractivity contribution < 1.29 is 4.79 Å². The number of unbranched alkanes of at least 4 members (excludes halogenated alkanes) is 1. The van der Waals surface area contributed by atoms with Gasteiger partial charge >= 0.3 is 0 Å². The molecule has 0 radical (unpaired) electrons. The fraction of sp³-hybridized carbons (Fsp3) is 0.938. The van der Waals surface area contributed by atoms with Crippen LogP contribution in [0.3, 0.4) is 0 Å². The Morgan fingerprint density at radius 3 is 2.32 bits per heavy atom. The van der Waals surface area contributed by atoms with E-state index in [1.165, 1.54) is 25.8 Å². The molecule has 2 rings (SSSR count). The van der Waals surface area contributed by atoms with Crippen LogP contribution in [0.2, 0.25) is 0 Å². The van der Waals surface area contributed by atoms with Gasteiger partial charge in [-0.25, -0.2) is 0 Å². The van der Waals surface area contributed by atoms with Gasteiger partial charge in [0.25, 0.3) is 0 Å². The van der Waals surface area contributed by atoms with Crippen LogP contribution in [0, 0.1) is 0 Å². The topological polar surface area (TPSA) is 58.4 Å². The molecule has 132 valence electrons. The Morgan fingerprint density at radius 2 is 1.77 bits per heavy atom. The average molecular weight is 354 g/mol. The summed E-state index contributed by atoms with van der Waals surface area (Å²) in [4.78, 5) is 14.9. The highest BCUT2D eigenvalue weighted by molar-refractivity contribution is 5.86. The lowest BCUT2D eigenvalue weighted by Gasteiger charge is -2.36. The second-order valence-corrected chi connectivity index (χ2v) is 6.66. The molecule has 6 heteroatoms. The number of nitrogens with two attached hydrogens (primary N) is 1. The van der Waals surface area contributed by atoms with Gasteiger partial charge in [0, 0.05) is 19.1 Å². The van der Waals surface area contributed by atoms with Crippen LogP contribution in [0.15, 0.2) is 0 Å². The molecule has 2 fully saturated rings. The average Bonchev–Trinajstić information content (AvgIpc) is 2.47. The van der Waals surface area contributed by atoms with Crippen LogP contribution in [0.25, 0.3) is 0 Å². The molecule has 0 aromatic rings. The molecular formula is C16H33Cl2N3O. The third-order valence-electron chi connectivity index (χ3n) is 4.95. The molecule has 0 unspecified atom stereocenters. The van der Waals surface area contributed by atoms with E-state index in [-0.39, 0.29) is 30.7 Å². The Bertz CT molecular complexity index is 315. The summed E-state index contributed by atoms with van der Waals surface area (Å²) < 4.78 is 0. The number of piperidine rings is 1. The van der Waals surface area contributed by atoms with Crippen molar-refractivity contribution >= 4 is 30.7 Å². The Balaban J connectivity index is 0.00000220. The third kappa shape index (κ3) is 6.23. The number of carbonyl (C=O) groups is 1. The quantitative estimate of drug-likeness (QED) is 0.798. The summed E-state index contributed by atoms with van der Waals surface area (Å²) in [5.41, 5.74) is 5.70. The van der Waals surface area contributed by atoms with Crippen molar-refractivity contribution in [2.75, 3.05) is 19.6 Å². The molecule has 1 amide bonds. The van der Waals surface area contributed by atoms with E-state index in [0.717, 1.165) is 51.6 Å². The van der Waals surface area contributed by atoms with Crippen molar-refractivity contribution in [3.63, 3.8) is 0 Å². The highest BCUT2D eigenvalue weighted by Gasteiger charge is 2.36. The van der Waals surface area contributed by atoms with Gasteiger partial charge in [0.05, 0.1) is 5.54 Å². The smallest absolute Gasteiger partial charge is 0.240 e. The number of rotatable bonds is 5. The number of likely N-dealkylation sites (tertiary alicyclic amines) is 1. The minimum absolute atomic E-state index is 0. The molecule has 1 aliphatic heterocycles. The van der Waals surface area contributed by atoms with Crippen molar-refractivity contribution in [3.05, 3.63) is 0 Å². The second kappa shape index (κ2) is 10.7. The van der Waals surface area contributed by atoms with E-state index in [1.54, 1.807) is 0 Å². The van der Waals surface area contributed by atoms with Gasteiger partial charge in [-0.2, -0.15) is 0 Å². The van der Waals surface area contributed by atoms with E-state index in [2.05, 4.69) is 17.1 Å². The number of hydrogen-bond donors (Lipinski definition) is 2. The molecule has 0 spiro atoms. The molecule has 0 atom stereocenters. The Kier molecular flexibility index (Phi) is 10.7. The predicted octanol–water partition coefficient (Wildman–Crippen LogP) is 2.87. The number of amides is 1. The summed E-state index contributed by atoms with van der Waals surface area (Å²) in [6.07, 6.45) is 9.82. The van der Waals surface area contributed by atoms with E-state index in [4.69, 9.17) is 5.73 Å². The van der Waals surface area contributed by atoms with E-state index in [9.17, 15) is 4.79 Å². The fourth-order valence-corrected chi connectivity index (χ4v) is 3.42. The van der Waals surface area contributed by atoms with Gasteiger partial charge in [0.1, 0.15) is 0 Å². The summed E-state index contributed by atoms with van der Waals surface area (Å²) in [5, 5.41) is 3.22. The standard InChI is InChI=1S/C16H31N3O.2ClH/c1-2-3-11-19-12-7-14(8-13-19)18-15(20)16(17)9-5-4-6-10-16;;/h14H,2-13,17H2,1H3,(H,18,20);2*1H. The monoisotopic (exact) mass is 353 g/mol. The molecule has 0 aromatic heterocycles. The van der Waals surface area contributed by atoms with Crippen LogP contribution in [0.5, 0.6) is 0 Å². The number of nitrogens with one attached hydrogen (secondary N) is 1. The van der Waals surface area contributed by atoms with Gasteiger partial charge in [-0.3, -0.25) is 4.79 Å². The molecule has 0 bridgehead atoms. The molecule has 2 aliphatic rings. The highest BCUT2D eigenvalue weighted by Crippen LogP contribution is 2.26. The van der Waals surface area contributed by atoms with Crippen molar-refractivity contribution in [1.29, 1.82) is 0 Å². The predicted molar refractivity (Wildman–Crippen MR) is 97.0 cm³/mol. The van der Waals surface area contributed by atoms with Gasteiger partial charge in [-0.15, -0.1) is 24.8 Å². The first-order chi connectivity index (χ1) is 9.64. The minimum Gasteiger partial charge on any atom is -0.352 e. The largest absolute Gasteiger partial charge is 0.352 e. The molecule has 4 nitrogen and oxygen atoms in total. The van der Waals surface area contributed by atoms with Gasteiger partial charge in [0.15, 0.2) is 0 Å². The maximum atomic E-state index is 12.4. The highest BCUT2D eigenvalue weighted by atomic mass is 35.5. The zero-order valence-electron chi connectivity index (χ0n) is 13.8. The summed E-state index contributed by atoms with van der Waals surface area (Å²) >= 11 is 0. The van der Waals surface area contributed by atoms with Crippen LogP contribution in [0.4, 0.5) is 0 Å². The van der Waals surface area contributed by atoms with E-state index < -0.39 is 5.54 Å². The first kappa shape index (κ1) is 22.0. The number of nitrogens with zero attached hydrogens (tertiary/aromatic N) is 1. The van der Waals surface area contributed by atoms with Gasteiger partial charge < -0.3 is 16.0 Å². The van der Waals surface area contributed by atoms with Crippen LogP contribution in [0.1, 0.15) is 64.7 Å². The molecule has 1 aliphatic carbocycles. The number of carbonyl (C=O) groups excluding carboxylic acids is 1. The van der Waals surface area contributed by atoms with Crippen molar-refractivity contribution in [2.24, 2.45) is 5.73 Å². The van der Waals surface area contributed by atoms with Gasteiger partial charge in [-0.1, -0.05) is 32.6 Å². The first-order valence-corrected chi connectivity index (χ1v) is 8.46. The maximum Gasteiger partial charge on any atom is 0.240 e. The lowest BCUT2D eigenvalue weighted by molar-refractivity contribution is -0.128. The summed E-state index contributed by atoms with van der Waals surface area (Å²) in [5.74, 6) is 0.101. The van der Waals surface area contributed by atoms with Crippen LogP contribution >= 0.6 is 24.8 Å². The fourth-order valence-electron chi connectivity index (χ4n) is 3.42. The third-order valence-corrected chi connectivity index (χ3v) is 4.95. The molecule has 1 saturated heterocycles. The summed E-state index contributed by atoms with van der Waals surface area (Å²) in [6, 6.07) is 0.336. The SMILES string of the molecule is CCCCN1CCC(NC(=O)C2(N)CCCCC2)CC1.Cl.Cl. The molecule has 3 N–H and O–H groups in total. The maximum absolute atomic E-state index is 12.4. The lowest BCUT2D eigenvalue weighted by Crippen LogP contribution is -2.58. The van der Waals surface area contributed by atoms with Gasteiger partial charge in [0.2, 0.25) is 5.91 Å². The number of hydrogen-bond acceptors (Lipinski definition) is 3. The van der Waals surface area contributed by atoms with E-state index in [0.29, 0.717) is 6.04 Å². The molecular weight excluding hydrogens is 321 g/mol. The van der Waals surface area contributed by atoms with Crippen LogP contribution < -0.4 is 11.1 Å². The first-order valence-electron chi connectivity index (χ1n) is 8.46. The van der Waals surface area contributed by atoms with Crippen LogP contribution in [-0.4, -0.2) is 42.0 Å². The molecule has 1 heterocycles. The van der Waals surface area contributed by atoms with Crippen LogP contribution in [-0.2, 0) is 4.79 Å². The van der Waals surface area contributed by atoms with E-state index in [1.807, 2.05) is 0 Å². The normalized spacial score (nSPS) is 22.3. The zero-order valence-corrected chi connectivity index (χ0v) is 15.4. The van der Waals surface area contributed by atoms with Crippen molar-refractivity contribution in [3.8, 4) is 0 Å². The summed E-state index contributed by atoms with van der Waals surface area (Å²) in [6.45, 7) is 5.67. The summed E-state index contributed by atoms with van der Waals surface area (Å²) in [7, 11) is 0. The minimum atomic E-state index is -0.586. The number of halogens is 2. The van der Waals surface area contributed by atoms with Crippen molar-refractivity contribution in [1.82, 2.24) is 10.2 Å². The van der Waals surface area contributed by atoms with Crippen molar-refractivity contribution in [2.45, 2.75) is 76.3 Å². The van der Waals surface area contributed by atoms with Gasteiger partial charge in [-0.05, 0) is 38.6 Å². The molecule has 22 heavy (non-hydrogen) atoms. The Hall–Kier alpha value is -0.0300. The Labute approximate surface area is 147 Å². The molecule has 1 saturated carbocycles. The second-order valence-electron chi connectivity index (χ2n) is 6.66. The zero-order chi connectivity index (χ0) is 14.4. The van der Waals surface area contributed by atoms with E-state index >= 15 is 0 Å². The Morgan fingerprint density at radius 1 is 1.18 bits per heavy atom. The molecule has 0 aromatic carbocycles. The lowest BCUT2D eigenvalue weighted by atomic mass is 9.81.